The molecule has 0 aromatic heterocycles. The second-order valence-electron chi connectivity index (χ2n) is 4.92. The molecule has 24 heavy (non-hydrogen) atoms. The monoisotopic (exact) mass is 367 g/mol. The molecule has 1 aliphatic heterocycles. The lowest BCUT2D eigenvalue weighted by molar-refractivity contribution is -0.145. The van der Waals surface area contributed by atoms with Gasteiger partial charge in [0.2, 0.25) is 0 Å². The molecule has 128 valence electrons. The summed E-state index contributed by atoms with van der Waals surface area (Å²) < 4.78 is 10.7. The van der Waals surface area contributed by atoms with Crippen LogP contribution in [0.15, 0.2) is 23.1 Å². The number of thioether (sulfide) groups is 1. The fourth-order valence-electron chi connectivity index (χ4n) is 2.30. The first-order valence-corrected chi connectivity index (χ1v) is 8.37. The number of hydrogen-bond donors (Lipinski definition) is 1. The van der Waals surface area contributed by atoms with Crippen LogP contribution in [-0.4, -0.2) is 46.5 Å². The van der Waals surface area contributed by atoms with Crippen LogP contribution in [0, 0.1) is 0 Å². The molecule has 1 aliphatic rings. The third-order valence-electron chi connectivity index (χ3n) is 3.53. The zero-order valence-corrected chi connectivity index (χ0v) is 15.1. The Balaban J connectivity index is 2.37. The summed E-state index contributed by atoms with van der Waals surface area (Å²) in [5, 5.41) is 9.27. The molecule has 1 aromatic carbocycles. The van der Waals surface area contributed by atoms with Crippen LogP contribution in [0.3, 0.4) is 0 Å². The summed E-state index contributed by atoms with van der Waals surface area (Å²) in [6.07, 6.45) is 1.92. The van der Waals surface area contributed by atoms with E-state index < -0.39 is 17.9 Å². The number of aliphatic carboxylic acids is 1. The smallest absolute Gasteiger partial charge is 0.326 e. The fourth-order valence-corrected chi connectivity index (χ4v) is 3.64. The van der Waals surface area contributed by atoms with Gasteiger partial charge in [-0.15, -0.1) is 0 Å². The minimum atomic E-state index is -1.07. The summed E-state index contributed by atoms with van der Waals surface area (Å²) in [7, 11) is 3.07. The molecule has 1 unspecified atom stereocenters. The van der Waals surface area contributed by atoms with Gasteiger partial charge in [-0.1, -0.05) is 30.9 Å². The number of methoxy groups -OCH3 is 2. The van der Waals surface area contributed by atoms with E-state index in [4.69, 9.17) is 21.7 Å². The number of ether oxygens (including phenoxy) is 2. The van der Waals surface area contributed by atoms with Gasteiger partial charge >= 0.3 is 5.97 Å². The average molecular weight is 367 g/mol. The van der Waals surface area contributed by atoms with E-state index in [2.05, 4.69) is 0 Å². The normalized spacial score (nSPS) is 17.3. The molecule has 1 amide bonds. The number of carboxylic acid groups (broad SMARTS) is 1. The Hall–Kier alpha value is -2.06. The van der Waals surface area contributed by atoms with Crippen molar-refractivity contribution in [2.45, 2.75) is 19.4 Å². The summed E-state index contributed by atoms with van der Waals surface area (Å²) in [6, 6.07) is 4.26. The minimum absolute atomic E-state index is 0.243. The van der Waals surface area contributed by atoms with Gasteiger partial charge in [0, 0.05) is 11.6 Å². The van der Waals surface area contributed by atoms with E-state index in [1.165, 1.54) is 7.11 Å². The number of rotatable bonds is 6. The maximum absolute atomic E-state index is 12.6. The van der Waals surface area contributed by atoms with Gasteiger partial charge in [-0.25, -0.2) is 4.79 Å². The van der Waals surface area contributed by atoms with E-state index in [0.717, 1.165) is 16.7 Å². The quantitative estimate of drug-likeness (QED) is 0.612. The Morgan fingerprint density at radius 3 is 2.67 bits per heavy atom. The highest BCUT2D eigenvalue weighted by atomic mass is 32.2. The van der Waals surface area contributed by atoms with Crippen LogP contribution in [0.5, 0.6) is 11.5 Å². The second kappa shape index (κ2) is 7.67. The van der Waals surface area contributed by atoms with Crippen molar-refractivity contribution in [3.05, 3.63) is 28.7 Å². The highest BCUT2D eigenvalue weighted by molar-refractivity contribution is 8.26. The molecule has 1 heterocycles. The van der Waals surface area contributed by atoms with Gasteiger partial charge < -0.3 is 14.6 Å². The van der Waals surface area contributed by atoms with Gasteiger partial charge in [-0.3, -0.25) is 9.69 Å². The molecular weight excluding hydrogens is 350 g/mol. The van der Waals surface area contributed by atoms with Crippen molar-refractivity contribution >= 4 is 46.3 Å². The SMILES string of the molecule is CCC(C(=O)O)N1C(=O)/C(=C\c2ccc(OC)cc2OC)SC1=S. The van der Waals surface area contributed by atoms with Crippen LogP contribution in [-0.2, 0) is 9.59 Å². The predicted molar refractivity (Wildman–Crippen MR) is 96.3 cm³/mol. The molecule has 1 aromatic rings. The highest BCUT2D eigenvalue weighted by Gasteiger charge is 2.39. The van der Waals surface area contributed by atoms with E-state index in [1.54, 1.807) is 38.3 Å². The number of carbonyl (C=O) groups is 2. The van der Waals surface area contributed by atoms with Crippen LogP contribution in [0.4, 0.5) is 0 Å². The van der Waals surface area contributed by atoms with Crippen LogP contribution in [0.2, 0.25) is 0 Å². The Morgan fingerprint density at radius 2 is 2.12 bits per heavy atom. The van der Waals surface area contributed by atoms with Crippen molar-refractivity contribution in [1.29, 1.82) is 0 Å². The lowest BCUT2D eigenvalue weighted by Crippen LogP contribution is -2.43. The number of amides is 1. The third-order valence-corrected chi connectivity index (χ3v) is 4.86. The molecule has 0 radical (unpaired) electrons. The number of carboxylic acids is 1. The molecule has 0 saturated carbocycles. The van der Waals surface area contributed by atoms with E-state index in [-0.39, 0.29) is 10.7 Å². The van der Waals surface area contributed by atoms with Gasteiger partial charge in [0.15, 0.2) is 0 Å². The van der Waals surface area contributed by atoms with Crippen molar-refractivity contribution in [2.24, 2.45) is 0 Å². The molecule has 0 bridgehead atoms. The molecule has 1 saturated heterocycles. The summed E-state index contributed by atoms with van der Waals surface area (Å²) in [4.78, 5) is 25.4. The van der Waals surface area contributed by atoms with Crippen molar-refractivity contribution in [3.8, 4) is 11.5 Å². The van der Waals surface area contributed by atoms with E-state index >= 15 is 0 Å². The molecule has 0 spiro atoms. The predicted octanol–water partition coefficient (Wildman–Crippen LogP) is 2.77. The molecule has 1 fully saturated rings. The second-order valence-corrected chi connectivity index (χ2v) is 6.60. The Labute approximate surface area is 149 Å². The summed E-state index contributed by atoms with van der Waals surface area (Å²) in [5.41, 5.74) is 0.683. The van der Waals surface area contributed by atoms with E-state index in [1.807, 2.05) is 0 Å². The molecule has 2 rings (SSSR count). The fraction of sp³-hybridized carbons (Fsp3) is 0.312. The summed E-state index contributed by atoms with van der Waals surface area (Å²) >= 11 is 6.27. The first-order valence-electron chi connectivity index (χ1n) is 7.14. The van der Waals surface area contributed by atoms with E-state index in [0.29, 0.717) is 22.0 Å². The van der Waals surface area contributed by atoms with Gasteiger partial charge in [-0.2, -0.15) is 0 Å². The molecule has 0 aliphatic carbocycles. The summed E-state index contributed by atoms with van der Waals surface area (Å²) in [6.45, 7) is 1.70. The zero-order valence-electron chi connectivity index (χ0n) is 13.4. The first-order chi connectivity index (χ1) is 11.4. The largest absolute Gasteiger partial charge is 0.497 e. The first kappa shape index (κ1) is 18.3. The number of carbonyl (C=O) groups excluding carboxylic acids is 1. The number of thiocarbonyl (C=S) groups is 1. The standard InChI is InChI=1S/C16H17NO5S2/c1-4-11(15(19)20)17-14(18)13(24-16(17)23)7-9-5-6-10(21-2)8-12(9)22-3/h5-8,11H,4H2,1-3H3,(H,19,20)/b13-7+. The van der Waals surface area contributed by atoms with Crippen molar-refractivity contribution in [1.82, 2.24) is 4.90 Å². The zero-order chi connectivity index (χ0) is 17.9. The topological polar surface area (TPSA) is 76.1 Å². The molecule has 1 N–H and O–H groups in total. The van der Waals surface area contributed by atoms with Gasteiger partial charge in [0.25, 0.3) is 5.91 Å². The molecule has 1 atom stereocenters. The lowest BCUT2D eigenvalue weighted by Gasteiger charge is -2.21. The highest BCUT2D eigenvalue weighted by Crippen LogP contribution is 2.36. The van der Waals surface area contributed by atoms with Crippen LogP contribution < -0.4 is 9.47 Å². The maximum atomic E-state index is 12.6. The van der Waals surface area contributed by atoms with Crippen molar-refractivity contribution in [3.63, 3.8) is 0 Å². The Morgan fingerprint density at radius 1 is 1.42 bits per heavy atom. The maximum Gasteiger partial charge on any atom is 0.326 e. The van der Waals surface area contributed by atoms with Gasteiger partial charge in [-0.05, 0) is 24.6 Å². The molecular formula is C16H17NO5S2. The molecule has 6 nitrogen and oxygen atoms in total. The average Bonchev–Trinajstić information content (AvgIpc) is 2.83. The van der Waals surface area contributed by atoms with Crippen LogP contribution in [0.1, 0.15) is 18.9 Å². The van der Waals surface area contributed by atoms with Gasteiger partial charge in [0.05, 0.1) is 19.1 Å². The summed E-state index contributed by atoms with van der Waals surface area (Å²) in [5.74, 6) is -0.299. The van der Waals surface area contributed by atoms with E-state index in [9.17, 15) is 14.7 Å². The minimum Gasteiger partial charge on any atom is -0.497 e. The Bertz CT molecular complexity index is 716. The molecule has 8 heteroatoms. The van der Waals surface area contributed by atoms with Crippen LogP contribution >= 0.6 is 24.0 Å². The number of hydrogen-bond acceptors (Lipinski definition) is 6. The number of benzene rings is 1. The number of nitrogens with zero attached hydrogens (tertiary/aromatic N) is 1. The van der Waals surface area contributed by atoms with Crippen LogP contribution in [0.25, 0.3) is 6.08 Å². The van der Waals surface area contributed by atoms with Crippen molar-refractivity contribution in [2.75, 3.05) is 14.2 Å². The lowest BCUT2D eigenvalue weighted by atomic mass is 10.1. The Kier molecular flexibility index (Phi) is 5.84. The van der Waals surface area contributed by atoms with Crippen molar-refractivity contribution < 1.29 is 24.2 Å². The third kappa shape index (κ3) is 3.54. The van der Waals surface area contributed by atoms with Gasteiger partial charge in [0.1, 0.15) is 21.9 Å².